The van der Waals surface area contributed by atoms with Crippen molar-refractivity contribution >= 4 is 58.9 Å². The van der Waals surface area contributed by atoms with E-state index in [-0.39, 0.29) is 44.8 Å². The van der Waals surface area contributed by atoms with Crippen molar-refractivity contribution in [3.05, 3.63) is 40.6 Å². The molecule has 0 bridgehead atoms. The van der Waals surface area contributed by atoms with E-state index in [0.717, 1.165) is 5.56 Å². The zero-order valence-corrected chi connectivity index (χ0v) is 28.7. The predicted molar refractivity (Wildman–Crippen MR) is 179 cm³/mol. The van der Waals surface area contributed by atoms with E-state index in [9.17, 15) is 33.6 Å². The number of nitrogens with two attached hydrogens (primary N) is 1. The predicted octanol–water partition coefficient (Wildman–Crippen LogP) is 1.59. The number of nitrogens with zero attached hydrogens (tertiary/aromatic N) is 1. The monoisotopic (exact) mass is 689 g/mol. The number of methoxy groups -OCH3 is 1. The number of primary amides is 1. The maximum absolute atomic E-state index is 13.9. The van der Waals surface area contributed by atoms with Gasteiger partial charge in [-0.1, -0.05) is 19.9 Å². The topological polar surface area (TPSA) is 203 Å². The van der Waals surface area contributed by atoms with E-state index in [1.165, 1.54) is 41.6 Å². The van der Waals surface area contributed by atoms with Crippen LogP contribution in [-0.4, -0.2) is 90.8 Å². The first-order valence-corrected chi connectivity index (χ1v) is 16.9. The van der Waals surface area contributed by atoms with Gasteiger partial charge in [-0.25, -0.2) is 9.59 Å². The van der Waals surface area contributed by atoms with Gasteiger partial charge in [-0.2, -0.15) is 11.3 Å². The van der Waals surface area contributed by atoms with Crippen molar-refractivity contribution in [2.75, 3.05) is 20.3 Å². The lowest BCUT2D eigenvalue weighted by atomic mass is 10.0. The molecule has 0 radical (unpaired) electrons. The molecule has 0 aromatic carbocycles. The summed E-state index contributed by atoms with van der Waals surface area (Å²) in [5.74, 6) is -4.18. The van der Waals surface area contributed by atoms with Gasteiger partial charge in [0.05, 0.1) is 13.7 Å². The second-order valence-electron chi connectivity index (χ2n) is 11.7. The molecule has 1 aromatic heterocycles. The molecule has 1 aliphatic heterocycles. The van der Waals surface area contributed by atoms with E-state index in [2.05, 4.69) is 16.0 Å². The lowest BCUT2D eigenvalue weighted by molar-refractivity contribution is -0.147. The summed E-state index contributed by atoms with van der Waals surface area (Å²) >= 11 is 1.46. The van der Waals surface area contributed by atoms with E-state index in [1.54, 1.807) is 13.0 Å². The Bertz CT molecular complexity index is 1330. The number of amides is 5. The van der Waals surface area contributed by atoms with Crippen LogP contribution in [0.15, 0.2) is 35.1 Å². The fourth-order valence-electron chi connectivity index (χ4n) is 5.08. The standard InChI is InChI=1S/C33H47N5O9S/c1-5-47-29(41)11-7-6-9-23(35-28(40)15-12-22-16-18-48-20-22)30(42)36-24(13-14-27(34)39)32(44)38-17-8-10-26(38)31(43)37-25(19-21(2)3)33(45)46-4/h7,11-12,15-16,18,20-21,23-26H,5-6,8-10,13-14,17,19H2,1-4H3,(H2,34,39)(H,35,40)(H,36,42)(H,37,43)/b11-7-,15-12+/t23-,24-,25-,26-/m0/s1. The average Bonchev–Trinajstić information content (AvgIpc) is 3.75. The maximum atomic E-state index is 13.9. The third kappa shape index (κ3) is 13.7. The summed E-state index contributed by atoms with van der Waals surface area (Å²) in [4.78, 5) is 90.6. The first kappa shape index (κ1) is 39.6. The van der Waals surface area contributed by atoms with E-state index in [0.29, 0.717) is 19.3 Å². The summed E-state index contributed by atoms with van der Waals surface area (Å²) in [7, 11) is 1.23. The van der Waals surface area contributed by atoms with Crippen molar-refractivity contribution in [2.45, 2.75) is 89.9 Å². The zero-order valence-electron chi connectivity index (χ0n) is 27.9. The van der Waals surface area contributed by atoms with Gasteiger partial charge in [0, 0.05) is 25.1 Å². The van der Waals surface area contributed by atoms with Crippen LogP contribution in [0.4, 0.5) is 0 Å². The van der Waals surface area contributed by atoms with Gasteiger partial charge in [-0.05, 0) is 79.8 Å². The lowest BCUT2D eigenvalue weighted by Gasteiger charge is -2.30. The van der Waals surface area contributed by atoms with Crippen LogP contribution in [0.2, 0.25) is 0 Å². The van der Waals surface area contributed by atoms with Gasteiger partial charge in [-0.3, -0.25) is 24.0 Å². The molecule has 5 amide bonds. The van der Waals surface area contributed by atoms with Gasteiger partial charge in [-0.15, -0.1) is 0 Å². The second-order valence-corrected chi connectivity index (χ2v) is 12.4. The van der Waals surface area contributed by atoms with E-state index >= 15 is 0 Å². The molecule has 0 aliphatic carbocycles. The molecule has 4 atom stereocenters. The van der Waals surface area contributed by atoms with Crippen LogP contribution in [0.25, 0.3) is 6.08 Å². The zero-order chi connectivity index (χ0) is 35.6. The molecule has 0 saturated carbocycles. The maximum Gasteiger partial charge on any atom is 0.330 e. The summed E-state index contributed by atoms with van der Waals surface area (Å²) in [6.07, 6.45) is 6.64. The summed E-state index contributed by atoms with van der Waals surface area (Å²) in [6.45, 7) is 5.87. The van der Waals surface area contributed by atoms with Crippen molar-refractivity contribution < 1.29 is 43.0 Å². The van der Waals surface area contributed by atoms with E-state index in [1.807, 2.05) is 30.7 Å². The Labute approximate surface area is 284 Å². The number of nitrogens with one attached hydrogen (secondary N) is 3. The molecule has 1 aromatic rings. The largest absolute Gasteiger partial charge is 0.467 e. The Balaban J connectivity index is 2.25. The number of rotatable bonds is 19. The Morgan fingerprint density at radius 2 is 1.79 bits per heavy atom. The Morgan fingerprint density at radius 1 is 1.04 bits per heavy atom. The highest BCUT2D eigenvalue weighted by Gasteiger charge is 2.39. The molecular formula is C33H47N5O9S. The number of hydrogen-bond donors (Lipinski definition) is 4. The van der Waals surface area contributed by atoms with Crippen molar-refractivity contribution in [2.24, 2.45) is 11.7 Å². The number of esters is 2. The van der Waals surface area contributed by atoms with Crippen molar-refractivity contribution in [1.29, 1.82) is 0 Å². The van der Waals surface area contributed by atoms with Crippen molar-refractivity contribution in [3.8, 4) is 0 Å². The van der Waals surface area contributed by atoms with Gasteiger partial charge in [0.25, 0.3) is 0 Å². The van der Waals surface area contributed by atoms with Crippen LogP contribution < -0.4 is 21.7 Å². The number of thiophene rings is 1. The van der Waals surface area contributed by atoms with Gasteiger partial charge in [0.15, 0.2) is 0 Å². The fourth-order valence-corrected chi connectivity index (χ4v) is 5.71. The SMILES string of the molecule is CCOC(=O)/C=C\CC[C@H](NC(=O)/C=C/c1ccsc1)C(=O)N[C@@H](CCC(N)=O)C(=O)N1CCC[C@H]1C(=O)N[C@@H](CC(C)C)C(=O)OC. The molecule has 5 N–H and O–H groups in total. The lowest BCUT2D eigenvalue weighted by Crippen LogP contribution is -2.57. The first-order chi connectivity index (χ1) is 22.9. The summed E-state index contributed by atoms with van der Waals surface area (Å²) < 4.78 is 9.71. The van der Waals surface area contributed by atoms with Crippen LogP contribution in [0.3, 0.4) is 0 Å². The summed E-state index contributed by atoms with van der Waals surface area (Å²) in [6, 6.07) is -2.38. The molecule has 15 heteroatoms. The highest BCUT2D eigenvalue weighted by molar-refractivity contribution is 7.08. The third-order valence-corrected chi connectivity index (χ3v) is 8.11. The van der Waals surface area contributed by atoms with Crippen LogP contribution in [0.1, 0.15) is 71.3 Å². The molecule has 2 heterocycles. The van der Waals surface area contributed by atoms with Gasteiger partial charge in [0.1, 0.15) is 24.2 Å². The molecule has 2 rings (SSSR count). The molecule has 0 unspecified atom stereocenters. The molecule has 1 fully saturated rings. The van der Waals surface area contributed by atoms with Gasteiger partial charge in [0.2, 0.25) is 29.5 Å². The molecule has 264 valence electrons. The summed E-state index contributed by atoms with van der Waals surface area (Å²) in [5.41, 5.74) is 6.17. The first-order valence-electron chi connectivity index (χ1n) is 16.0. The number of likely N-dealkylation sites (tertiary alicyclic amines) is 1. The number of carbonyl (C=O) groups excluding carboxylic acids is 7. The van der Waals surface area contributed by atoms with Crippen LogP contribution in [0.5, 0.6) is 0 Å². The second kappa shape index (κ2) is 20.7. The Hall–Kier alpha value is -4.53. The van der Waals surface area contributed by atoms with Crippen molar-refractivity contribution in [3.63, 3.8) is 0 Å². The minimum Gasteiger partial charge on any atom is -0.467 e. The number of carbonyl (C=O) groups is 7. The fraction of sp³-hybridized carbons (Fsp3) is 0.545. The Morgan fingerprint density at radius 3 is 2.42 bits per heavy atom. The highest BCUT2D eigenvalue weighted by atomic mass is 32.1. The molecule has 0 spiro atoms. The minimum atomic E-state index is -1.25. The van der Waals surface area contributed by atoms with Gasteiger partial charge >= 0.3 is 11.9 Å². The normalized spacial score (nSPS) is 16.4. The van der Waals surface area contributed by atoms with E-state index < -0.39 is 65.6 Å². The molecular weight excluding hydrogens is 642 g/mol. The molecule has 1 aliphatic rings. The number of allylic oxidation sites excluding steroid dienone is 1. The number of ether oxygens (including phenoxy) is 2. The quantitative estimate of drug-likeness (QED) is 0.123. The van der Waals surface area contributed by atoms with Gasteiger partial charge < -0.3 is 36.1 Å². The van der Waals surface area contributed by atoms with E-state index in [4.69, 9.17) is 15.2 Å². The Kier molecular flexibility index (Phi) is 17.1. The van der Waals surface area contributed by atoms with Crippen molar-refractivity contribution in [1.82, 2.24) is 20.9 Å². The van der Waals surface area contributed by atoms with Crippen LogP contribution in [-0.2, 0) is 43.0 Å². The summed E-state index contributed by atoms with van der Waals surface area (Å²) in [5, 5.41) is 11.7. The molecule has 1 saturated heterocycles. The molecule has 48 heavy (non-hydrogen) atoms. The number of hydrogen-bond acceptors (Lipinski definition) is 10. The van der Waals surface area contributed by atoms with Crippen LogP contribution in [0, 0.1) is 5.92 Å². The van der Waals surface area contributed by atoms with Crippen LogP contribution >= 0.6 is 11.3 Å². The average molecular weight is 690 g/mol. The third-order valence-electron chi connectivity index (χ3n) is 7.41. The highest BCUT2D eigenvalue weighted by Crippen LogP contribution is 2.21. The smallest absolute Gasteiger partial charge is 0.330 e. The molecule has 14 nitrogen and oxygen atoms in total. The minimum absolute atomic E-state index is 0.0655.